The first-order valence-electron chi connectivity index (χ1n) is 5.85. The van der Waals surface area contributed by atoms with Gasteiger partial charge in [0.15, 0.2) is 0 Å². The SMILES string of the molecule is COCC(CNC(=O)c1cc(N)cc(OC)c1)OC. The third kappa shape index (κ3) is 4.76. The molecule has 0 spiro atoms. The van der Waals surface area contributed by atoms with Crippen LogP contribution >= 0.6 is 0 Å². The third-order valence-corrected chi connectivity index (χ3v) is 2.60. The molecule has 0 aliphatic heterocycles. The molecule has 19 heavy (non-hydrogen) atoms. The molecule has 1 amide bonds. The molecule has 0 fully saturated rings. The van der Waals surface area contributed by atoms with E-state index >= 15 is 0 Å². The van der Waals surface area contributed by atoms with Crippen LogP contribution in [0.15, 0.2) is 18.2 Å². The van der Waals surface area contributed by atoms with E-state index < -0.39 is 0 Å². The number of nitrogen functional groups attached to an aromatic ring is 1. The molecule has 0 heterocycles. The summed E-state index contributed by atoms with van der Waals surface area (Å²) < 4.78 is 15.2. The van der Waals surface area contributed by atoms with Crippen molar-refractivity contribution in [1.82, 2.24) is 5.32 Å². The molecule has 6 heteroatoms. The Hall–Kier alpha value is -1.79. The molecule has 1 aromatic rings. The fourth-order valence-electron chi connectivity index (χ4n) is 1.58. The van der Waals surface area contributed by atoms with Crippen molar-refractivity contribution in [1.29, 1.82) is 0 Å². The summed E-state index contributed by atoms with van der Waals surface area (Å²) >= 11 is 0. The quantitative estimate of drug-likeness (QED) is 0.710. The van der Waals surface area contributed by atoms with Gasteiger partial charge in [0, 0.05) is 38.1 Å². The van der Waals surface area contributed by atoms with Gasteiger partial charge in [-0.3, -0.25) is 4.79 Å². The molecule has 0 aromatic heterocycles. The van der Waals surface area contributed by atoms with Gasteiger partial charge >= 0.3 is 0 Å². The molecule has 0 saturated heterocycles. The summed E-state index contributed by atoms with van der Waals surface area (Å²) in [5.41, 5.74) is 6.62. The van der Waals surface area contributed by atoms with Gasteiger partial charge < -0.3 is 25.3 Å². The summed E-state index contributed by atoms with van der Waals surface area (Å²) in [5, 5.41) is 2.76. The summed E-state index contributed by atoms with van der Waals surface area (Å²) in [5.74, 6) is 0.314. The molecule has 3 N–H and O–H groups in total. The summed E-state index contributed by atoms with van der Waals surface area (Å²) in [6.07, 6.45) is -0.183. The van der Waals surface area contributed by atoms with Gasteiger partial charge in [0.05, 0.1) is 19.8 Å². The number of nitrogens with one attached hydrogen (secondary N) is 1. The van der Waals surface area contributed by atoms with Gasteiger partial charge in [-0.15, -0.1) is 0 Å². The molecule has 106 valence electrons. The van der Waals surface area contributed by atoms with E-state index in [2.05, 4.69) is 5.32 Å². The number of methoxy groups -OCH3 is 3. The molecule has 6 nitrogen and oxygen atoms in total. The molecule has 1 atom stereocenters. The number of amides is 1. The molecule has 0 aliphatic rings. The first-order valence-corrected chi connectivity index (χ1v) is 5.85. The lowest BCUT2D eigenvalue weighted by Crippen LogP contribution is -2.35. The fourth-order valence-corrected chi connectivity index (χ4v) is 1.58. The topological polar surface area (TPSA) is 82.8 Å². The van der Waals surface area contributed by atoms with Crippen molar-refractivity contribution in [2.45, 2.75) is 6.10 Å². The number of anilines is 1. The second-order valence-corrected chi connectivity index (χ2v) is 4.02. The third-order valence-electron chi connectivity index (χ3n) is 2.60. The van der Waals surface area contributed by atoms with Crippen LogP contribution < -0.4 is 15.8 Å². The van der Waals surface area contributed by atoms with Crippen molar-refractivity contribution in [2.24, 2.45) is 0 Å². The van der Waals surface area contributed by atoms with Gasteiger partial charge in [0.2, 0.25) is 0 Å². The summed E-state index contributed by atoms with van der Waals surface area (Å²) in [6.45, 7) is 0.775. The Kier molecular flexibility index (Phi) is 6.11. The maximum Gasteiger partial charge on any atom is 0.251 e. The molecular formula is C13H20N2O4. The molecule has 1 aromatic carbocycles. The molecule has 0 saturated carbocycles. The number of benzene rings is 1. The van der Waals surface area contributed by atoms with Gasteiger partial charge in [-0.1, -0.05) is 0 Å². The maximum absolute atomic E-state index is 12.0. The van der Waals surface area contributed by atoms with E-state index in [-0.39, 0.29) is 12.0 Å². The zero-order valence-electron chi connectivity index (χ0n) is 11.4. The smallest absolute Gasteiger partial charge is 0.251 e. The second-order valence-electron chi connectivity index (χ2n) is 4.02. The van der Waals surface area contributed by atoms with Gasteiger partial charge in [0.25, 0.3) is 5.91 Å². The van der Waals surface area contributed by atoms with Crippen molar-refractivity contribution in [2.75, 3.05) is 40.2 Å². The van der Waals surface area contributed by atoms with Crippen LogP contribution in [-0.2, 0) is 9.47 Å². The zero-order chi connectivity index (χ0) is 14.3. The second kappa shape index (κ2) is 7.60. The van der Waals surface area contributed by atoms with E-state index in [4.69, 9.17) is 19.9 Å². The standard InChI is InChI=1S/C13H20N2O4/c1-17-8-12(19-3)7-15-13(16)9-4-10(14)6-11(5-9)18-2/h4-6,12H,7-8,14H2,1-3H3,(H,15,16). The van der Waals surface area contributed by atoms with E-state index in [9.17, 15) is 4.79 Å². The van der Waals surface area contributed by atoms with E-state index in [1.54, 1.807) is 32.4 Å². The predicted molar refractivity (Wildman–Crippen MR) is 72.4 cm³/mol. The Morgan fingerprint density at radius 3 is 2.63 bits per heavy atom. The minimum absolute atomic E-state index is 0.183. The monoisotopic (exact) mass is 268 g/mol. The van der Waals surface area contributed by atoms with Crippen LogP contribution in [0.2, 0.25) is 0 Å². The Balaban J connectivity index is 2.65. The fraction of sp³-hybridized carbons (Fsp3) is 0.462. The van der Waals surface area contributed by atoms with Crippen LogP contribution in [0, 0.1) is 0 Å². The van der Waals surface area contributed by atoms with Gasteiger partial charge in [-0.25, -0.2) is 0 Å². The van der Waals surface area contributed by atoms with Crippen molar-refractivity contribution < 1.29 is 19.0 Å². The van der Waals surface area contributed by atoms with Crippen LogP contribution in [-0.4, -0.2) is 46.5 Å². The van der Waals surface area contributed by atoms with E-state index in [1.165, 1.54) is 7.11 Å². The number of hydrogen-bond donors (Lipinski definition) is 2. The largest absolute Gasteiger partial charge is 0.497 e. The van der Waals surface area contributed by atoms with E-state index in [0.717, 1.165) is 0 Å². The van der Waals surface area contributed by atoms with Crippen molar-refractivity contribution in [3.63, 3.8) is 0 Å². The van der Waals surface area contributed by atoms with Crippen LogP contribution in [0.25, 0.3) is 0 Å². The lowest BCUT2D eigenvalue weighted by Gasteiger charge is -2.15. The van der Waals surface area contributed by atoms with Crippen LogP contribution in [0.3, 0.4) is 0 Å². The van der Waals surface area contributed by atoms with E-state index in [1.807, 2.05) is 0 Å². The van der Waals surface area contributed by atoms with Crippen LogP contribution in [0.5, 0.6) is 5.75 Å². The highest BCUT2D eigenvalue weighted by Gasteiger charge is 2.12. The molecule has 1 unspecified atom stereocenters. The molecule has 1 rings (SSSR count). The van der Waals surface area contributed by atoms with Gasteiger partial charge in [-0.2, -0.15) is 0 Å². The molecular weight excluding hydrogens is 248 g/mol. The Morgan fingerprint density at radius 1 is 1.32 bits per heavy atom. The van der Waals surface area contributed by atoms with Gasteiger partial charge in [0.1, 0.15) is 5.75 Å². The summed E-state index contributed by atoms with van der Waals surface area (Å²) in [4.78, 5) is 12.0. The number of nitrogens with two attached hydrogens (primary N) is 1. The maximum atomic E-state index is 12.0. The highest BCUT2D eigenvalue weighted by Crippen LogP contribution is 2.18. The molecule has 0 bridgehead atoms. The lowest BCUT2D eigenvalue weighted by atomic mass is 10.1. The number of ether oxygens (including phenoxy) is 3. The average Bonchev–Trinajstić information content (AvgIpc) is 2.42. The minimum Gasteiger partial charge on any atom is -0.497 e. The molecule has 0 radical (unpaired) electrons. The first-order chi connectivity index (χ1) is 9.10. The normalized spacial score (nSPS) is 11.9. The highest BCUT2D eigenvalue weighted by molar-refractivity contribution is 5.95. The van der Waals surface area contributed by atoms with Crippen LogP contribution in [0.1, 0.15) is 10.4 Å². The lowest BCUT2D eigenvalue weighted by molar-refractivity contribution is 0.0285. The molecule has 0 aliphatic carbocycles. The average molecular weight is 268 g/mol. The number of rotatable bonds is 7. The van der Waals surface area contributed by atoms with Crippen molar-refractivity contribution in [3.05, 3.63) is 23.8 Å². The first kappa shape index (κ1) is 15.3. The predicted octanol–water partition coefficient (Wildman–Crippen LogP) is 0.669. The zero-order valence-corrected chi connectivity index (χ0v) is 11.4. The number of hydrogen-bond acceptors (Lipinski definition) is 5. The highest BCUT2D eigenvalue weighted by atomic mass is 16.5. The van der Waals surface area contributed by atoms with E-state index in [0.29, 0.717) is 30.2 Å². The van der Waals surface area contributed by atoms with Gasteiger partial charge in [-0.05, 0) is 12.1 Å². The van der Waals surface area contributed by atoms with Crippen molar-refractivity contribution >= 4 is 11.6 Å². The van der Waals surface area contributed by atoms with Crippen LogP contribution in [0.4, 0.5) is 5.69 Å². The Labute approximate surface area is 112 Å². The summed E-state index contributed by atoms with van der Waals surface area (Å²) in [7, 11) is 4.67. The number of carbonyl (C=O) groups excluding carboxylic acids is 1. The Morgan fingerprint density at radius 2 is 2.05 bits per heavy atom. The minimum atomic E-state index is -0.233. The number of carbonyl (C=O) groups is 1. The Bertz CT molecular complexity index is 423. The summed E-state index contributed by atoms with van der Waals surface area (Å²) in [6, 6.07) is 4.87. The van der Waals surface area contributed by atoms with Crippen molar-refractivity contribution in [3.8, 4) is 5.75 Å².